The molecule has 1 fully saturated rings. The molecule has 1 saturated heterocycles. The van der Waals surface area contributed by atoms with Gasteiger partial charge >= 0.3 is 0 Å². The van der Waals surface area contributed by atoms with Crippen molar-refractivity contribution in [2.75, 3.05) is 0 Å². The van der Waals surface area contributed by atoms with E-state index in [-0.39, 0.29) is 17.2 Å². The molecule has 0 spiro atoms. The molecule has 0 radical (unpaired) electrons. The molecular weight excluding hydrogens is 238 g/mol. The standard InChI is InChI=1S/C15H25N3O/c1-10-6-7-17-9-11(10)13(18-16)12-8-14(2,3)19-15(12,4)5/h6-7,9,12-13,18H,8,16H2,1-5H3. The summed E-state index contributed by atoms with van der Waals surface area (Å²) in [6.45, 7) is 10.6. The van der Waals surface area contributed by atoms with Crippen molar-refractivity contribution in [3.05, 3.63) is 29.6 Å². The van der Waals surface area contributed by atoms with Crippen molar-refractivity contribution in [1.29, 1.82) is 0 Å². The summed E-state index contributed by atoms with van der Waals surface area (Å²) < 4.78 is 6.18. The highest BCUT2D eigenvalue weighted by atomic mass is 16.5. The molecule has 0 aliphatic carbocycles. The molecule has 106 valence electrons. The number of hydrogen-bond donors (Lipinski definition) is 2. The zero-order valence-corrected chi connectivity index (χ0v) is 12.5. The number of aromatic nitrogens is 1. The molecule has 1 aromatic rings. The Morgan fingerprint density at radius 2 is 2.11 bits per heavy atom. The van der Waals surface area contributed by atoms with Gasteiger partial charge in [-0.2, -0.15) is 0 Å². The van der Waals surface area contributed by atoms with E-state index in [2.05, 4.69) is 45.0 Å². The van der Waals surface area contributed by atoms with E-state index in [0.717, 1.165) is 12.0 Å². The Hall–Kier alpha value is -0.970. The zero-order valence-electron chi connectivity index (χ0n) is 12.5. The van der Waals surface area contributed by atoms with E-state index >= 15 is 0 Å². The molecule has 1 aliphatic heterocycles. The molecule has 0 aromatic carbocycles. The van der Waals surface area contributed by atoms with Crippen molar-refractivity contribution in [3.8, 4) is 0 Å². The minimum Gasteiger partial charge on any atom is -0.369 e. The Bertz CT molecular complexity index is 456. The Balaban J connectivity index is 2.36. The van der Waals surface area contributed by atoms with Crippen LogP contribution in [0.2, 0.25) is 0 Å². The summed E-state index contributed by atoms with van der Waals surface area (Å²) in [6.07, 6.45) is 4.69. The van der Waals surface area contributed by atoms with Crippen LogP contribution in [-0.2, 0) is 4.74 Å². The zero-order chi connectivity index (χ0) is 14.3. The van der Waals surface area contributed by atoms with Gasteiger partial charge in [-0.3, -0.25) is 16.3 Å². The lowest BCUT2D eigenvalue weighted by molar-refractivity contribution is -0.0779. The van der Waals surface area contributed by atoms with Crippen LogP contribution < -0.4 is 11.3 Å². The third kappa shape index (κ3) is 2.81. The number of ether oxygens (including phenoxy) is 1. The normalized spacial score (nSPS) is 26.3. The van der Waals surface area contributed by atoms with Gasteiger partial charge in [-0.15, -0.1) is 0 Å². The summed E-state index contributed by atoms with van der Waals surface area (Å²) in [5, 5.41) is 0. The number of pyridine rings is 1. The molecule has 2 heterocycles. The molecule has 2 rings (SSSR count). The van der Waals surface area contributed by atoms with Gasteiger partial charge in [0, 0.05) is 18.3 Å². The number of nitrogens with two attached hydrogens (primary N) is 1. The summed E-state index contributed by atoms with van der Waals surface area (Å²) in [5.74, 6) is 6.15. The van der Waals surface area contributed by atoms with Crippen molar-refractivity contribution in [3.63, 3.8) is 0 Å². The van der Waals surface area contributed by atoms with Crippen LogP contribution in [0, 0.1) is 12.8 Å². The van der Waals surface area contributed by atoms with E-state index in [1.165, 1.54) is 5.56 Å². The molecule has 0 saturated carbocycles. The quantitative estimate of drug-likeness (QED) is 0.650. The average Bonchev–Trinajstić information content (AvgIpc) is 2.51. The number of hydrazine groups is 1. The monoisotopic (exact) mass is 263 g/mol. The second-order valence-electron chi connectivity index (χ2n) is 6.65. The summed E-state index contributed by atoms with van der Waals surface area (Å²) in [4.78, 5) is 4.23. The second kappa shape index (κ2) is 4.85. The van der Waals surface area contributed by atoms with Gasteiger partial charge in [0.15, 0.2) is 0 Å². The first-order valence-electron chi connectivity index (χ1n) is 6.84. The van der Waals surface area contributed by atoms with E-state index in [1.807, 2.05) is 18.5 Å². The lowest BCUT2D eigenvalue weighted by Crippen LogP contribution is -2.41. The fourth-order valence-corrected chi connectivity index (χ4v) is 3.35. The largest absolute Gasteiger partial charge is 0.369 e. The summed E-state index contributed by atoms with van der Waals surface area (Å²) in [6, 6.07) is 2.08. The minimum absolute atomic E-state index is 0.0606. The highest BCUT2D eigenvalue weighted by Crippen LogP contribution is 2.47. The summed E-state index contributed by atoms with van der Waals surface area (Å²) >= 11 is 0. The lowest BCUT2D eigenvalue weighted by atomic mass is 9.78. The van der Waals surface area contributed by atoms with Gasteiger partial charge in [-0.05, 0) is 58.2 Å². The molecule has 4 heteroatoms. The summed E-state index contributed by atoms with van der Waals surface area (Å²) in [7, 11) is 0. The minimum atomic E-state index is -0.206. The predicted molar refractivity (Wildman–Crippen MR) is 76.4 cm³/mol. The highest BCUT2D eigenvalue weighted by molar-refractivity contribution is 5.27. The Kier molecular flexibility index (Phi) is 3.69. The van der Waals surface area contributed by atoms with Crippen LogP contribution in [-0.4, -0.2) is 16.2 Å². The van der Waals surface area contributed by atoms with Gasteiger partial charge < -0.3 is 4.74 Å². The second-order valence-corrected chi connectivity index (χ2v) is 6.65. The van der Waals surface area contributed by atoms with Crippen molar-refractivity contribution in [1.82, 2.24) is 10.4 Å². The third-order valence-corrected chi connectivity index (χ3v) is 4.14. The molecule has 0 amide bonds. The molecule has 1 aromatic heterocycles. The van der Waals surface area contributed by atoms with E-state index in [9.17, 15) is 0 Å². The van der Waals surface area contributed by atoms with Crippen LogP contribution >= 0.6 is 0 Å². The van der Waals surface area contributed by atoms with Crippen LogP contribution in [0.5, 0.6) is 0 Å². The topological polar surface area (TPSA) is 60.2 Å². The van der Waals surface area contributed by atoms with Crippen molar-refractivity contribution < 1.29 is 4.74 Å². The van der Waals surface area contributed by atoms with E-state index < -0.39 is 0 Å². The number of rotatable bonds is 3. The Morgan fingerprint density at radius 3 is 2.58 bits per heavy atom. The highest BCUT2D eigenvalue weighted by Gasteiger charge is 2.49. The van der Waals surface area contributed by atoms with Crippen molar-refractivity contribution in [2.24, 2.45) is 11.8 Å². The molecule has 4 nitrogen and oxygen atoms in total. The van der Waals surface area contributed by atoms with Gasteiger partial charge in [0.05, 0.1) is 17.2 Å². The van der Waals surface area contributed by atoms with Crippen LogP contribution in [0.4, 0.5) is 0 Å². The number of nitrogens with one attached hydrogen (secondary N) is 1. The third-order valence-electron chi connectivity index (χ3n) is 4.14. The maximum absolute atomic E-state index is 6.18. The van der Waals surface area contributed by atoms with Gasteiger partial charge in [-0.1, -0.05) is 0 Å². The maximum atomic E-state index is 6.18. The fraction of sp³-hybridized carbons (Fsp3) is 0.667. The fourth-order valence-electron chi connectivity index (χ4n) is 3.35. The predicted octanol–water partition coefficient (Wildman–Crippen LogP) is 2.49. The van der Waals surface area contributed by atoms with Crippen LogP contribution in [0.25, 0.3) is 0 Å². The van der Waals surface area contributed by atoms with E-state index in [1.54, 1.807) is 0 Å². The Morgan fingerprint density at radius 1 is 1.42 bits per heavy atom. The number of nitrogens with zero attached hydrogens (tertiary/aromatic N) is 1. The number of aryl methyl sites for hydroxylation is 1. The molecule has 3 N–H and O–H groups in total. The SMILES string of the molecule is Cc1ccncc1C(NN)C1CC(C)(C)OC1(C)C. The molecule has 1 aliphatic rings. The Labute approximate surface area is 115 Å². The smallest absolute Gasteiger partial charge is 0.0681 e. The van der Waals surface area contributed by atoms with Crippen LogP contribution in [0.1, 0.15) is 51.3 Å². The van der Waals surface area contributed by atoms with Crippen LogP contribution in [0.3, 0.4) is 0 Å². The molecular formula is C15H25N3O. The van der Waals surface area contributed by atoms with Gasteiger partial charge in [0.25, 0.3) is 0 Å². The van der Waals surface area contributed by atoms with E-state index in [0.29, 0.717) is 5.92 Å². The molecule has 2 unspecified atom stereocenters. The summed E-state index contributed by atoms with van der Waals surface area (Å²) in [5.41, 5.74) is 5.02. The molecule has 0 bridgehead atoms. The van der Waals surface area contributed by atoms with Gasteiger partial charge in [0.2, 0.25) is 0 Å². The van der Waals surface area contributed by atoms with Crippen LogP contribution in [0.15, 0.2) is 18.5 Å². The lowest BCUT2D eigenvalue weighted by Gasteiger charge is -2.33. The first-order valence-corrected chi connectivity index (χ1v) is 6.84. The van der Waals surface area contributed by atoms with Gasteiger partial charge in [0.1, 0.15) is 0 Å². The average molecular weight is 263 g/mol. The first kappa shape index (κ1) is 14.4. The van der Waals surface area contributed by atoms with E-state index in [4.69, 9.17) is 10.6 Å². The van der Waals surface area contributed by atoms with Crippen molar-refractivity contribution in [2.45, 2.75) is 58.3 Å². The van der Waals surface area contributed by atoms with Gasteiger partial charge in [-0.25, -0.2) is 0 Å². The van der Waals surface area contributed by atoms with Crippen molar-refractivity contribution >= 4 is 0 Å². The number of hydrogen-bond acceptors (Lipinski definition) is 4. The molecule has 2 atom stereocenters. The molecule has 19 heavy (non-hydrogen) atoms. The first-order chi connectivity index (χ1) is 8.77. The maximum Gasteiger partial charge on any atom is 0.0681 e.